The number of anilines is 1. The summed E-state index contributed by atoms with van der Waals surface area (Å²) in [7, 11) is 2.12. The third-order valence-electron chi connectivity index (χ3n) is 3.92. The lowest BCUT2D eigenvalue weighted by Gasteiger charge is -2.35. The smallest absolute Gasteiger partial charge is 0.0546 e. The van der Waals surface area contributed by atoms with Crippen LogP contribution in [0.5, 0.6) is 0 Å². The summed E-state index contributed by atoms with van der Waals surface area (Å²) in [5.41, 5.74) is 2.53. The lowest BCUT2D eigenvalue weighted by molar-refractivity contribution is 0.0465. The normalized spacial score (nSPS) is 21.6. The Morgan fingerprint density at radius 3 is 2.75 bits per heavy atom. The molecule has 2 rings (SSSR count). The van der Waals surface area contributed by atoms with Gasteiger partial charge in [-0.15, -0.1) is 0 Å². The number of nitrogens with zero attached hydrogens (tertiary/aromatic N) is 1. The summed E-state index contributed by atoms with van der Waals surface area (Å²) in [5, 5.41) is 12.8. The van der Waals surface area contributed by atoms with E-state index in [1.807, 2.05) is 0 Å². The van der Waals surface area contributed by atoms with E-state index < -0.39 is 0 Å². The van der Waals surface area contributed by atoms with Crippen LogP contribution in [0.1, 0.15) is 31.7 Å². The molecule has 0 aliphatic heterocycles. The quantitative estimate of drug-likeness (QED) is 0.748. The highest BCUT2D eigenvalue weighted by atomic mass is 79.9. The van der Waals surface area contributed by atoms with Gasteiger partial charge in [-0.25, -0.2) is 0 Å². The summed E-state index contributed by atoms with van der Waals surface area (Å²) in [4.78, 5) is 2.28. The van der Waals surface area contributed by atoms with Crippen LogP contribution < -0.4 is 10.2 Å². The first-order valence-corrected chi connectivity index (χ1v) is 8.27. The van der Waals surface area contributed by atoms with Crippen molar-refractivity contribution in [2.75, 3.05) is 25.0 Å². The number of aliphatic hydroxyl groups excluding tert-OH is 1. The molecule has 1 aliphatic rings. The lowest BCUT2D eigenvalue weighted by atomic mass is 9.82. The number of nitrogens with one attached hydrogen (secondary N) is 1. The predicted octanol–water partition coefficient (Wildman–Crippen LogP) is 3.16. The molecule has 0 heterocycles. The Hall–Kier alpha value is -0.580. The molecule has 1 fully saturated rings. The Morgan fingerprint density at radius 1 is 1.40 bits per heavy atom. The van der Waals surface area contributed by atoms with Gasteiger partial charge in [-0.2, -0.15) is 0 Å². The molecule has 0 unspecified atom stereocenters. The van der Waals surface area contributed by atoms with Gasteiger partial charge in [-0.3, -0.25) is 0 Å². The third kappa shape index (κ3) is 4.21. The number of aliphatic hydroxyl groups is 1. The Kier molecular flexibility index (Phi) is 5.87. The van der Waals surface area contributed by atoms with Crippen LogP contribution >= 0.6 is 15.9 Å². The maximum absolute atomic E-state index is 9.36. The average Bonchev–Trinajstić information content (AvgIpc) is 2.37. The molecule has 0 spiro atoms. The van der Waals surface area contributed by atoms with E-state index in [1.54, 1.807) is 0 Å². The van der Waals surface area contributed by atoms with Gasteiger partial charge in [0.15, 0.2) is 0 Å². The van der Waals surface area contributed by atoms with Crippen molar-refractivity contribution in [3.8, 4) is 0 Å². The zero-order valence-corrected chi connectivity index (χ0v) is 14.0. The van der Waals surface area contributed by atoms with Crippen molar-refractivity contribution in [3.63, 3.8) is 0 Å². The summed E-state index contributed by atoms with van der Waals surface area (Å²) < 4.78 is 1.15. The van der Waals surface area contributed by atoms with E-state index in [1.165, 1.54) is 11.3 Å². The SMILES string of the molecule is CCCNCc1ccc(N(C)CC2CC(O)C2)c(Br)c1. The maximum atomic E-state index is 9.36. The molecule has 0 bridgehead atoms. The topological polar surface area (TPSA) is 35.5 Å². The standard InChI is InChI=1S/C16H25BrN2O/c1-3-6-18-10-12-4-5-16(15(17)9-12)19(2)11-13-7-14(20)8-13/h4-5,9,13-14,18,20H,3,6-8,10-11H2,1-2H3. The molecule has 0 saturated heterocycles. The van der Waals surface area contributed by atoms with Crippen LogP contribution in [0.15, 0.2) is 22.7 Å². The van der Waals surface area contributed by atoms with Crippen molar-refractivity contribution in [2.24, 2.45) is 5.92 Å². The Labute approximate surface area is 130 Å². The Morgan fingerprint density at radius 2 is 2.15 bits per heavy atom. The van der Waals surface area contributed by atoms with Crippen molar-refractivity contribution in [2.45, 2.75) is 38.8 Å². The average molecular weight is 341 g/mol. The molecule has 4 heteroatoms. The highest BCUT2D eigenvalue weighted by Crippen LogP contribution is 2.32. The number of hydrogen-bond donors (Lipinski definition) is 2. The van der Waals surface area contributed by atoms with E-state index in [2.05, 4.69) is 58.3 Å². The molecular weight excluding hydrogens is 316 g/mol. The zero-order chi connectivity index (χ0) is 14.5. The number of benzene rings is 1. The molecule has 0 atom stereocenters. The van der Waals surface area contributed by atoms with Crippen LogP contribution in [-0.2, 0) is 6.54 Å². The van der Waals surface area contributed by atoms with Crippen molar-refractivity contribution >= 4 is 21.6 Å². The van der Waals surface area contributed by atoms with E-state index in [0.29, 0.717) is 5.92 Å². The molecule has 0 radical (unpaired) electrons. The Balaban J connectivity index is 1.90. The number of hydrogen-bond acceptors (Lipinski definition) is 3. The monoisotopic (exact) mass is 340 g/mol. The summed E-state index contributed by atoms with van der Waals surface area (Å²) in [6.45, 7) is 5.18. The fourth-order valence-corrected chi connectivity index (χ4v) is 3.44. The van der Waals surface area contributed by atoms with Crippen molar-refractivity contribution < 1.29 is 5.11 Å². The van der Waals surface area contributed by atoms with Gasteiger partial charge in [-0.05, 0) is 65.4 Å². The zero-order valence-electron chi connectivity index (χ0n) is 12.4. The van der Waals surface area contributed by atoms with E-state index in [-0.39, 0.29) is 6.10 Å². The van der Waals surface area contributed by atoms with Crippen LogP contribution in [0, 0.1) is 5.92 Å². The van der Waals surface area contributed by atoms with Gasteiger partial charge < -0.3 is 15.3 Å². The van der Waals surface area contributed by atoms with Crippen molar-refractivity contribution in [1.82, 2.24) is 5.32 Å². The second-order valence-electron chi connectivity index (χ2n) is 5.83. The van der Waals surface area contributed by atoms with E-state index in [9.17, 15) is 5.11 Å². The number of halogens is 1. The lowest BCUT2D eigenvalue weighted by Crippen LogP contribution is -2.37. The van der Waals surface area contributed by atoms with E-state index >= 15 is 0 Å². The molecule has 3 nitrogen and oxygen atoms in total. The van der Waals surface area contributed by atoms with Gasteiger partial charge >= 0.3 is 0 Å². The van der Waals surface area contributed by atoms with Crippen LogP contribution in [0.4, 0.5) is 5.69 Å². The van der Waals surface area contributed by atoms with Gasteiger partial charge in [0.2, 0.25) is 0 Å². The highest BCUT2D eigenvalue weighted by molar-refractivity contribution is 9.10. The summed E-state index contributed by atoms with van der Waals surface area (Å²) in [6, 6.07) is 6.57. The molecule has 1 saturated carbocycles. The van der Waals surface area contributed by atoms with E-state index in [0.717, 1.165) is 43.4 Å². The fraction of sp³-hybridized carbons (Fsp3) is 0.625. The Bertz CT molecular complexity index is 432. The van der Waals surface area contributed by atoms with E-state index in [4.69, 9.17) is 0 Å². The molecule has 0 amide bonds. The molecule has 2 N–H and O–H groups in total. The number of rotatable bonds is 7. The van der Waals surface area contributed by atoms with Gasteiger partial charge in [-0.1, -0.05) is 13.0 Å². The molecule has 1 aromatic rings. The summed E-state index contributed by atoms with van der Waals surface area (Å²) >= 11 is 3.68. The van der Waals surface area contributed by atoms with Gasteiger partial charge in [0.05, 0.1) is 11.8 Å². The molecule has 112 valence electrons. The molecule has 1 aromatic carbocycles. The van der Waals surface area contributed by atoms with Crippen molar-refractivity contribution in [3.05, 3.63) is 28.2 Å². The maximum Gasteiger partial charge on any atom is 0.0546 e. The third-order valence-corrected chi connectivity index (χ3v) is 4.56. The molecular formula is C16H25BrN2O. The van der Waals surface area contributed by atoms with Crippen LogP contribution in [0.2, 0.25) is 0 Å². The van der Waals surface area contributed by atoms with Crippen molar-refractivity contribution in [1.29, 1.82) is 0 Å². The second-order valence-corrected chi connectivity index (χ2v) is 6.69. The molecule has 0 aromatic heterocycles. The van der Waals surface area contributed by atoms with Crippen LogP contribution in [0.25, 0.3) is 0 Å². The molecule has 20 heavy (non-hydrogen) atoms. The minimum Gasteiger partial charge on any atom is -0.393 e. The first-order chi connectivity index (χ1) is 9.60. The first kappa shape index (κ1) is 15.8. The highest BCUT2D eigenvalue weighted by Gasteiger charge is 2.28. The molecule has 1 aliphatic carbocycles. The van der Waals surface area contributed by atoms with Gasteiger partial charge in [0.25, 0.3) is 0 Å². The fourth-order valence-electron chi connectivity index (χ4n) is 2.71. The minimum absolute atomic E-state index is 0.0659. The predicted molar refractivity (Wildman–Crippen MR) is 88.1 cm³/mol. The van der Waals surface area contributed by atoms with Gasteiger partial charge in [0.1, 0.15) is 0 Å². The van der Waals surface area contributed by atoms with Crippen LogP contribution in [0.3, 0.4) is 0 Å². The first-order valence-electron chi connectivity index (χ1n) is 7.48. The minimum atomic E-state index is -0.0659. The largest absolute Gasteiger partial charge is 0.393 e. The summed E-state index contributed by atoms with van der Waals surface area (Å²) in [6.07, 6.45) is 2.99. The van der Waals surface area contributed by atoms with Gasteiger partial charge in [0, 0.05) is 24.6 Å². The second kappa shape index (κ2) is 7.43. The summed E-state index contributed by atoms with van der Waals surface area (Å²) in [5.74, 6) is 0.632. The van der Waals surface area contributed by atoms with Crippen LogP contribution in [-0.4, -0.2) is 31.3 Å².